The lowest BCUT2D eigenvalue weighted by Gasteiger charge is -2.08. The molecule has 4 nitrogen and oxygen atoms in total. The Hall–Kier alpha value is -1.72. The van der Waals surface area contributed by atoms with Gasteiger partial charge in [0.1, 0.15) is 4.99 Å². The zero-order valence-electron chi connectivity index (χ0n) is 9.34. The Bertz CT molecular complexity index is 654. The van der Waals surface area contributed by atoms with Crippen LogP contribution >= 0.6 is 23.8 Å². The van der Waals surface area contributed by atoms with Gasteiger partial charge < -0.3 is 10.3 Å². The molecule has 0 saturated carbocycles. The number of hydrogen-bond acceptors (Lipinski definition) is 3. The number of hydrogen-bond donors (Lipinski definition) is 1. The van der Waals surface area contributed by atoms with E-state index in [1.807, 2.05) is 6.07 Å². The van der Waals surface area contributed by atoms with Crippen molar-refractivity contribution in [2.45, 2.75) is 6.54 Å². The Labute approximate surface area is 114 Å². The molecule has 6 heteroatoms. The molecule has 1 aromatic heterocycles. The van der Waals surface area contributed by atoms with Crippen LogP contribution in [-0.2, 0) is 6.54 Å². The molecular weight excluding hydrogens is 270 g/mol. The molecule has 0 aliphatic heterocycles. The minimum atomic E-state index is -0.174. The highest BCUT2D eigenvalue weighted by Crippen LogP contribution is 2.18. The Kier molecular flexibility index (Phi) is 3.74. The molecule has 2 rings (SSSR count). The van der Waals surface area contributed by atoms with Crippen LogP contribution in [0.5, 0.6) is 0 Å². The monoisotopic (exact) mass is 279 g/mol. The molecule has 0 amide bonds. The van der Waals surface area contributed by atoms with Gasteiger partial charge in [0, 0.05) is 23.0 Å². The highest BCUT2D eigenvalue weighted by Gasteiger charge is 2.05. The van der Waals surface area contributed by atoms with Crippen LogP contribution in [0.4, 0.5) is 0 Å². The maximum atomic E-state index is 11.5. The fourth-order valence-corrected chi connectivity index (χ4v) is 1.88. The van der Waals surface area contributed by atoms with Gasteiger partial charge in [0.2, 0.25) is 0 Å². The molecule has 0 aliphatic rings. The average molecular weight is 280 g/mol. The molecule has 1 aromatic carbocycles. The first kappa shape index (κ1) is 12.7. The standard InChI is InChI=1S/C12H10ClN3OS/c13-10-5-8(12(14)18)1-2-9(10)7-16-4-3-15-6-11(16)17/h1-6H,7H2,(H2,14,18). The van der Waals surface area contributed by atoms with Crippen molar-refractivity contribution in [3.63, 3.8) is 0 Å². The molecule has 1 heterocycles. The predicted octanol–water partition coefficient (Wildman–Crippen LogP) is 1.58. The smallest absolute Gasteiger partial charge is 0.269 e. The lowest BCUT2D eigenvalue weighted by molar-refractivity contribution is 0.748. The van der Waals surface area contributed by atoms with Crippen LogP contribution in [0.3, 0.4) is 0 Å². The minimum absolute atomic E-state index is 0.174. The molecule has 0 radical (unpaired) electrons. The molecule has 2 N–H and O–H groups in total. The summed E-state index contributed by atoms with van der Waals surface area (Å²) in [6, 6.07) is 5.30. The molecule has 0 bridgehead atoms. The van der Waals surface area contributed by atoms with Gasteiger partial charge in [-0.3, -0.25) is 9.78 Å². The summed E-state index contributed by atoms with van der Waals surface area (Å²) in [6.45, 7) is 0.387. The van der Waals surface area contributed by atoms with Gasteiger partial charge in [0.15, 0.2) is 0 Å². The van der Waals surface area contributed by atoms with Gasteiger partial charge in [-0.2, -0.15) is 0 Å². The van der Waals surface area contributed by atoms with Crippen molar-refractivity contribution in [1.29, 1.82) is 0 Å². The van der Waals surface area contributed by atoms with E-state index < -0.39 is 0 Å². The molecule has 0 unspecified atom stereocenters. The molecule has 18 heavy (non-hydrogen) atoms. The second kappa shape index (κ2) is 5.29. The molecular formula is C12H10ClN3OS. The second-order valence-corrected chi connectivity index (χ2v) is 4.56. The van der Waals surface area contributed by atoms with Crippen molar-refractivity contribution in [2.75, 3.05) is 0 Å². The van der Waals surface area contributed by atoms with E-state index in [-0.39, 0.29) is 5.56 Å². The summed E-state index contributed by atoms with van der Waals surface area (Å²) in [5.74, 6) is 0. The summed E-state index contributed by atoms with van der Waals surface area (Å²) in [4.78, 5) is 15.6. The van der Waals surface area contributed by atoms with Crippen LogP contribution in [0.1, 0.15) is 11.1 Å². The van der Waals surface area contributed by atoms with E-state index >= 15 is 0 Å². The van der Waals surface area contributed by atoms with E-state index in [2.05, 4.69) is 4.98 Å². The van der Waals surface area contributed by atoms with Crippen molar-refractivity contribution in [1.82, 2.24) is 9.55 Å². The topological polar surface area (TPSA) is 60.9 Å². The van der Waals surface area contributed by atoms with Crippen molar-refractivity contribution in [3.05, 3.63) is 63.3 Å². The van der Waals surface area contributed by atoms with Crippen LogP contribution < -0.4 is 11.3 Å². The van der Waals surface area contributed by atoms with Gasteiger partial charge >= 0.3 is 0 Å². The van der Waals surface area contributed by atoms with Crippen LogP contribution in [0.15, 0.2) is 41.6 Å². The summed E-state index contributed by atoms with van der Waals surface area (Å²) >= 11 is 11.0. The molecule has 2 aromatic rings. The van der Waals surface area contributed by atoms with E-state index in [1.165, 1.54) is 10.8 Å². The maximum absolute atomic E-state index is 11.5. The van der Waals surface area contributed by atoms with Crippen molar-refractivity contribution < 1.29 is 0 Å². The molecule has 92 valence electrons. The quantitative estimate of drug-likeness (QED) is 0.867. The van der Waals surface area contributed by atoms with Crippen LogP contribution in [0.2, 0.25) is 5.02 Å². The number of rotatable bonds is 3. The third-order valence-electron chi connectivity index (χ3n) is 2.48. The van der Waals surface area contributed by atoms with Crippen LogP contribution in [0, 0.1) is 0 Å². The van der Waals surface area contributed by atoms with Gasteiger partial charge in [-0.1, -0.05) is 36.0 Å². The molecule has 0 spiro atoms. The van der Waals surface area contributed by atoms with E-state index in [0.29, 0.717) is 22.1 Å². The lowest BCUT2D eigenvalue weighted by Crippen LogP contribution is -2.19. The van der Waals surface area contributed by atoms with E-state index in [1.54, 1.807) is 24.5 Å². The van der Waals surface area contributed by atoms with Gasteiger partial charge in [-0.25, -0.2) is 0 Å². The summed E-state index contributed by atoms with van der Waals surface area (Å²) in [5.41, 5.74) is 6.88. The third kappa shape index (κ3) is 2.75. The first-order valence-corrected chi connectivity index (χ1v) is 5.95. The Balaban J connectivity index is 2.33. The van der Waals surface area contributed by atoms with Crippen molar-refractivity contribution in [2.24, 2.45) is 5.73 Å². The zero-order valence-corrected chi connectivity index (χ0v) is 10.9. The number of halogens is 1. The van der Waals surface area contributed by atoms with Gasteiger partial charge in [-0.05, 0) is 11.6 Å². The minimum Gasteiger partial charge on any atom is -0.389 e. The van der Waals surface area contributed by atoms with Gasteiger partial charge in [-0.15, -0.1) is 0 Å². The lowest BCUT2D eigenvalue weighted by atomic mass is 10.1. The molecule has 0 fully saturated rings. The third-order valence-corrected chi connectivity index (χ3v) is 3.07. The SMILES string of the molecule is NC(=S)c1ccc(Cn2ccncc2=O)c(Cl)c1. The number of nitrogens with zero attached hydrogens (tertiary/aromatic N) is 2. The number of benzene rings is 1. The van der Waals surface area contributed by atoms with Crippen LogP contribution in [-0.4, -0.2) is 14.5 Å². The molecule has 0 atom stereocenters. The maximum Gasteiger partial charge on any atom is 0.269 e. The predicted molar refractivity (Wildman–Crippen MR) is 74.9 cm³/mol. The van der Waals surface area contributed by atoms with Crippen molar-refractivity contribution >= 4 is 28.8 Å². The number of thiocarbonyl (C=S) groups is 1. The number of nitrogens with two attached hydrogens (primary N) is 1. The fourth-order valence-electron chi connectivity index (χ4n) is 1.52. The van der Waals surface area contributed by atoms with Crippen LogP contribution in [0.25, 0.3) is 0 Å². The Morgan fingerprint density at radius 2 is 2.28 bits per heavy atom. The molecule has 0 saturated heterocycles. The van der Waals surface area contributed by atoms with E-state index in [4.69, 9.17) is 29.6 Å². The first-order valence-electron chi connectivity index (χ1n) is 5.16. The summed E-state index contributed by atoms with van der Waals surface area (Å²) in [6.07, 6.45) is 4.43. The largest absolute Gasteiger partial charge is 0.389 e. The summed E-state index contributed by atoms with van der Waals surface area (Å²) in [5, 5.41) is 0.531. The Morgan fingerprint density at radius 3 is 2.89 bits per heavy atom. The highest BCUT2D eigenvalue weighted by molar-refractivity contribution is 7.80. The Morgan fingerprint density at radius 1 is 1.50 bits per heavy atom. The fraction of sp³-hybridized carbons (Fsp3) is 0.0833. The molecule has 0 aliphatic carbocycles. The van der Waals surface area contributed by atoms with Crippen molar-refractivity contribution in [3.8, 4) is 0 Å². The van der Waals surface area contributed by atoms with E-state index in [0.717, 1.165) is 5.56 Å². The summed E-state index contributed by atoms with van der Waals surface area (Å²) < 4.78 is 1.52. The highest BCUT2D eigenvalue weighted by atomic mass is 35.5. The van der Waals surface area contributed by atoms with E-state index in [9.17, 15) is 4.79 Å². The van der Waals surface area contributed by atoms with Gasteiger partial charge in [0.05, 0.1) is 12.7 Å². The normalized spacial score (nSPS) is 10.3. The summed E-state index contributed by atoms with van der Waals surface area (Å²) in [7, 11) is 0. The average Bonchev–Trinajstić information content (AvgIpc) is 2.34. The second-order valence-electron chi connectivity index (χ2n) is 3.71. The first-order chi connectivity index (χ1) is 8.58. The zero-order chi connectivity index (χ0) is 13.1. The van der Waals surface area contributed by atoms with Gasteiger partial charge in [0.25, 0.3) is 5.56 Å². The number of aromatic nitrogens is 2.